The van der Waals surface area contributed by atoms with Gasteiger partial charge >= 0.3 is 6.18 Å². The lowest BCUT2D eigenvalue weighted by Gasteiger charge is -2.13. The minimum Gasteiger partial charge on any atom is -0.327 e. The smallest absolute Gasteiger partial charge is 0.327 e. The van der Waals surface area contributed by atoms with Crippen molar-refractivity contribution < 1.29 is 18.0 Å². The van der Waals surface area contributed by atoms with Gasteiger partial charge in [0.25, 0.3) is 5.56 Å². The molecule has 0 aliphatic heterocycles. The van der Waals surface area contributed by atoms with Gasteiger partial charge in [-0.05, 0) is 11.6 Å². The minimum absolute atomic E-state index is 0.475. The molecule has 0 saturated heterocycles. The van der Waals surface area contributed by atoms with E-state index >= 15 is 0 Å². The van der Waals surface area contributed by atoms with Crippen molar-refractivity contribution in [3.8, 4) is 0 Å². The summed E-state index contributed by atoms with van der Waals surface area (Å²) in [6.45, 7) is 0. The van der Waals surface area contributed by atoms with Crippen molar-refractivity contribution in [1.29, 1.82) is 0 Å². The fourth-order valence-corrected chi connectivity index (χ4v) is 1.76. The SMILES string of the molecule is N[C@@H](C(=O)Nc1cc(C(F)(F)F)c[nH]c1=O)c1ccccc1. The summed E-state index contributed by atoms with van der Waals surface area (Å²) in [5.41, 5.74) is 3.76. The van der Waals surface area contributed by atoms with Crippen molar-refractivity contribution in [2.24, 2.45) is 5.73 Å². The molecule has 0 aliphatic rings. The minimum atomic E-state index is -4.63. The van der Waals surface area contributed by atoms with Gasteiger partial charge in [-0.1, -0.05) is 30.3 Å². The number of carbonyl (C=O) groups is 1. The van der Waals surface area contributed by atoms with E-state index in [-0.39, 0.29) is 0 Å². The maximum atomic E-state index is 12.6. The highest BCUT2D eigenvalue weighted by Gasteiger charge is 2.31. The van der Waals surface area contributed by atoms with Crippen LogP contribution in [0.15, 0.2) is 47.4 Å². The Bertz CT molecular complexity index is 726. The highest BCUT2D eigenvalue weighted by molar-refractivity contribution is 5.95. The zero-order valence-electron chi connectivity index (χ0n) is 11.1. The second-order valence-corrected chi connectivity index (χ2v) is 4.51. The molecule has 1 amide bonds. The van der Waals surface area contributed by atoms with Crippen LogP contribution in [0, 0.1) is 0 Å². The summed E-state index contributed by atoms with van der Waals surface area (Å²) in [7, 11) is 0. The lowest BCUT2D eigenvalue weighted by molar-refractivity contribution is -0.137. The number of hydrogen-bond donors (Lipinski definition) is 3. The van der Waals surface area contributed by atoms with Crippen molar-refractivity contribution in [2.45, 2.75) is 12.2 Å². The summed E-state index contributed by atoms with van der Waals surface area (Å²) in [4.78, 5) is 25.4. The number of alkyl halides is 3. The van der Waals surface area contributed by atoms with E-state index in [4.69, 9.17) is 5.73 Å². The summed E-state index contributed by atoms with van der Waals surface area (Å²) in [6.07, 6.45) is -4.10. The predicted octanol–water partition coefficient (Wildman–Crippen LogP) is 2.03. The molecule has 22 heavy (non-hydrogen) atoms. The third-order valence-corrected chi connectivity index (χ3v) is 2.93. The molecule has 0 fully saturated rings. The molecular formula is C14H12F3N3O2. The molecule has 4 N–H and O–H groups in total. The molecule has 5 nitrogen and oxygen atoms in total. The van der Waals surface area contributed by atoms with Crippen LogP contribution in [0.5, 0.6) is 0 Å². The number of aromatic nitrogens is 1. The molecule has 0 radical (unpaired) electrons. The Kier molecular flexibility index (Phi) is 4.32. The molecule has 8 heteroatoms. The first-order valence-electron chi connectivity index (χ1n) is 6.20. The largest absolute Gasteiger partial charge is 0.417 e. The number of H-pyrrole nitrogens is 1. The van der Waals surface area contributed by atoms with Gasteiger partial charge in [-0.15, -0.1) is 0 Å². The van der Waals surface area contributed by atoms with E-state index in [0.717, 1.165) is 0 Å². The fraction of sp³-hybridized carbons (Fsp3) is 0.143. The topological polar surface area (TPSA) is 88.0 Å². The molecule has 0 bridgehead atoms. The predicted molar refractivity (Wildman–Crippen MR) is 74.1 cm³/mol. The average molecular weight is 311 g/mol. The Morgan fingerprint density at radius 2 is 1.86 bits per heavy atom. The van der Waals surface area contributed by atoms with Gasteiger partial charge in [0.2, 0.25) is 5.91 Å². The highest BCUT2D eigenvalue weighted by atomic mass is 19.4. The number of anilines is 1. The Hall–Kier alpha value is -2.61. The van der Waals surface area contributed by atoms with Gasteiger partial charge in [0, 0.05) is 6.20 Å². The summed E-state index contributed by atoms with van der Waals surface area (Å²) in [6, 6.07) is 7.72. The van der Waals surface area contributed by atoms with Crippen LogP contribution in [0.2, 0.25) is 0 Å². The van der Waals surface area contributed by atoms with Gasteiger partial charge in [0.1, 0.15) is 11.7 Å². The molecule has 1 atom stereocenters. The number of pyridine rings is 1. The lowest BCUT2D eigenvalue weighted by Crippen LogP contribution is -2.30. The van der Waals surface area contributed by atoms with E-state index < -0.39 is 34.9 Å². The fourth-order valence-electron chi connectivity index (χ4n) is 1.76. The molecule has 2 aromatic rings. The van der Waals surface area contributed by atoms with Crippen LogP contribution in [-0.2, 0) is 11.0 Å². The summed E-state index contributed by atoms with van der Waals surface area (Å²) < 4.78 is 37.8. The monoisotopic (exact) mass is 311 g/mol. The molecule has 0 spiro atoms. The number of aromatic amines is 1. The Labute approximate surface area is 123 Å². The van der Waals surface area contributed by atoms with Crippen molar-refractivity contribution in [3.63, 3.8) is 0 Å². The van der Waals surface area contributed by atoms with Crippen molar-refractivity contribution in [1.82, 2.24) is 4.98 Å². The Balaban J connectivity index is 2.23. The Morgan fingerprint density at radius 1 is 1.23 bits per heavy atom. The maximum Gasteiger partial charge on any atom is 0.417 e. The van der Waals surface area contributed by atoms with E-state index in [2.05, 4.69) is 5.32 Å². The van der Waals surface area contributed by atoms with Gasteiger partial charge in [-0.25, -0.2) is 0 Å². The van der Waals surface area contributed by atoms with Gasteiger partial charge in [0.05, 0.1) is 5.56 Å². The van der Waals surface area contributed by atoms with Crippen LogP contribution in [0.1, 0.15) is 17.2 Å². The maximum absolute atomic E-state index is 12.6. The molecule has 0 unspecified atom stereocenters. The molecule has 116 valence electrons. The zero-order chi connectivity index (χ0) is 16.3. The van der Waals surface area contributed by atoms with E-state index in [1.165, 1.54) is 0 Å². The van der Waals surface area contributed by atoms with Crippen molar-refractivity contribution >= 4 is 11.6 Å². The quantitative estimate of drug-likeness (QED) is 0.810. The van der Waals surface area contributed by atoms with Crippen molar-refractivity contribution in [2.75, 3.05) is 5.32 Å². The Morgan fingerprint density at radius 3 is 2.45 bits per heavy atom. The van der Waals surface area contributed by atoms with E-state index in [9.17, 15) is 22.8 Å². The zero-order valence-corrected chi connectivity index (χ0v) is 11.1. The lowest BCUT2D eigenvalue weighted by atomic mass is 10.1. The number of nitrogens with two attached hydrogens (primary N) is 1. The standard InChI is InChI=1S/C14H12F3N3O2/c15-14(16,17)9-6-10(12(21)19-7-9)20-13(22)11(18)8-4-2-1-3-5-8/h1-7,11H,18H2,(H,19,21)(H,20,22)/t11-/m1/s1. The van der Waals surface area contributed by atoms with Gasteiger partial charge in [-0.3, -0.25) is 9.59 Å². The number of carbonyl (C=O) groups excluding carboxylic acids is 1. The summed E-state index contributed by atoms with van der Waals surface area (Å²) >= 11 is 0. The van der Waals surface area contributed by atoms with E-state index in [1.54, 1.807) is 30.3 Å². The summed E-state index contributed by atoms with van der Waals surface area (Å²) in [5.74, 6) is -0.781. The van der Waals surface area contributed by atoms with E-state index in [1.807, 2.05) is 4.98 Å². The third-order valence-electron chi connectivity index (χ3n) is 2.93. The first-order valence-corrected chi connectivity index (χ1v) is 6.20. The molecule has 0 saturated carbocycles. The van der Waals surface area contributed by atoms with Gasteiger partial charge in [0.15, 0.2) is 0 Å². The third kappa shape index (κ3) is 3.53. The van der Waals surface area contributed by atoms with Gasteiger partial charge in [-0.2, -0.15) is 13.2 Å². The van der Waals surface area contributed by atoms with Crippen LogP contribution in [0.4, 0.5) is 18.9 Å². The van der Waals surface area contributed by atoms with Crippen LogP contribution >= 0.6 is 0 Å². The molecule has 1 aromatic heterocycles. The number of halogens is 3. The second kappa shape index (κ2) is 6.02. The molecule has 1 heterocycles. The number of benzene rings is 1. The number of nitrogens with one attached hydrogen (secondary N) is 2. The number of hydrogen-bond acceptors (Lipinski definition) is 3. The van der Waals surface area contributed by atoms with E-state index in [0.29, 0.717) is 17.8 Å². The number of rotatable bonds is 3. The van der Waals surface area contributed by atoms with Crippen LogP contribution < -0.4 is 16.6 Å². The highest BCUT2D eigenvalue weighted by Crippen LogP contribution is 2.29. The van der Waals surface area contributed by atoms with Crippen LogP contribution in [-0.4, -0.2) is 10.9 Å². The van der Waals surface area contributed by atoms with Crippen LogP contribution in [0.3, 0.4) is 0 Å². The summed E-state index contributed by atoms with van der Waals surface area (Å²) in [5, 5.41) is 2.11. The average Bonchev–Trinajstić information content (AvgIpc) is 2.48. The second-order valence-electron chi connectivity index (χ2n) is 4.51. The van der Waals surface area contributed by atoms with Gasteiger partial charge < -0.3 is 16.0 Å². The van der Waals surface area contributed by atoms with Crippen molar-refractivity contribution in [3.05, 3.63) is 64.1 Å². The first-order chi connectivity index (χ1) is 10.3. The molecular weight excluding hydrogens is 299 g/mol. The van der Waals surface area contributed by atoms with Crippen LogP contribution in [0.25, 0.3) is 0 Å². The first kappa shape index (κ1) is 15.8. The molecule has 0 aliphatic carbocycles. The molecule has 2 rings (SSSR count). The normalized spacial score (nSPS) is 12.7. The number of amides is 1. The molecule has 1 aromatic carbocycles.